The topological polar surface area (TPSA) is 6.48 Å². The van der Waals surface area contributed by atoms with E-state index in [9.17, 15) is 0 Å². The molecule has 16 rings (SSSR count). The van der Waals surface area contributed by atoms with E-state index in [1.807, 2.05) is 45.3 Å². The lowest BCUT2D eigenvalue weighted by Crippen LogP contribution is -2.26. The summed E-state index contributed by atoms with van der Waals surface area (Å²) in [5.41, 5.74) is 16.7. The van der Waals surface area contributed by atoms with Crippen molar-refractivity contribution in [3.63, 3.8) is 0 Å². The lowest BCUT2D eigenvalue weighted by molar-refractivity contribution is 0.793. The fraction of sp³-hybridized carbons (Fsp3) is 0.0154. The molecule has 0 fully saturated rings. The summed E-state index contributed by atoms with van der Waals surface area (Å²) in [6, 6.07) is 86.5. The zero-order valence-electron chi connectivity index (χ0n) is 38.0. The number of thiophene rings is 4. The highest BCUT2D eigenvalue weighted by atomic mass is 32.1. The van der Waals surface area contributed by atoms with Crippen LogP contribution in [0.2, 0.25) is 0 Å². The van der Waals surface area contributed by atoms with Gasteiger partial charge in [-0.15, -0.1) is 45.3 Å². The lowest BCUT2D eigenvalue weighted by atomic mass is 9.70. The minimum absolute atomic E-state index is 0.569. The van der Waals surface area contributed by atoms with Crippen LogP contribution in [0.25, 0.3) is 81.4 Å². The number of fused-ring (bicyclic) bond motifs is 20. The van der Waals surface area contributed by atoms with E-state index < -0.39 is 5.41 Å². The van der Waals surface area contributed by atoms with Crippen molar-refractivity contribution < 1.29 is 0 Å². The average molecular weight is 975 g/mol. The highest BCUT2D eigenvalue weighted by molar-refractivity contribution is 7.37. The monoisotopic (exact) mass is 974 g/mol. The molecule has 0 atom stereocenters. The van der Waals surface area contributed by atoms with Crippen LogP contribution in [-0.2, 0) is 5.41 Å². The van der Waals surface area contributed by atoms with Crippen LogP contribution >= 0.6 is 45.3 Å². The predicted octanol–water partition coefficient (Wildman–Crippen LogP) is 20.1. The molecule has 0 N–H and O–H groups in total. The highest BCUT2D eigenvalue weighted by Crippen LogP contribution is 2.64. The van der Waals surface area contributed by atoms with Gasteiger partial charge in [0.1, 0.15) is 0 Å². The summed E-state index contributed by atoms with van der Waals surface area (Å²) >= 11 is 7.64. The Labute approximate surface area is 425 Å². The van der Waals surface area contributed by atoms with Gasteiger partial charge in [-0.25, -0.2) is 0 Å². The van der Waals surface area contributed by atoms with E-state index in [1.54, 1.807) is 0 Å². The molecule has 4 aromatic heterocycles. The fourth-order valence-corrected chi connectivity index (χ4v) is 17.5. The van der Waals surface area contributed by atoms with Crippen molar-refractivity contribution in [3.8, 4) is 22.3 Å². The molecule has 0 saturated heterocycles. The van der Waals surface area contributed by atoms with Crippen LogP contribution in [0, 0.1) is 0 Å². The largest absolute Gasteiger partial charge is 0.310 e. The van der Waals surface area contributed by atoms with Crippen molar-refractivity contribution in [1.82, 2.24) is 0 Å². The van der Waals surface area contributed by atoms with Gasteiger partial charge in [0.15, 0.2) is 0 Å². The number of hydrogen-bond acceptors (Lipinski definition) is 6. The Kier molecular flexibility index (Phi) is 8.49. The van der Waals surface area contributed by atoms with Crippen LogP contribution in [-0.4, -0.2) is 0 Å². The molecule has 71 heavy (non-hydrogen) atoms. The number of nitrogens with zero attached hydrogens (tertiary/aromatic N) is 2. The Bertz CT molecular complexity index is 4210. The molecule has 10 aromatic carbocycles. The number of rotatable bonds is 6. The van der Waals surface area contributed by atoms with E-state index in [4.69, 9.17) is 0 Å². The van der Waals surface area contributed by atoms with Gasteiger partial charge >= 0.3 is 0 Å². The zero-order valence-corrected chi connectivity index (χ0v) is 41.2. The minimum atomic E-state index is -0.569. The minimum Gasteiger partial charge on any atom is -0.310 e. The maximum Gasteiger partial charge on any atom is 0.0727 e. The lowest BCUT2D eigenvalue weighted by Gasteiger charge is -2.33. The highest BCUT2D eigenvalue weighted by Gasteiger charge is 2.52. The normalized spacial score (nSPS) is 13.2. The second kappa shape index (κ2) is 15.1. The van der Waals surface area contributed by atoms with E-state index in [0.29, 0.717) is 0 Å². The third-order valence-electron chi connectivity index (χ3n) is 15.1. The summed E-state index contributed by atoms with van der Waals surface area (Å²) in [5, 5.41) is 5.36. The second-order valence-corrected chi connectivity index (χ2v) is 22.9. The van der Waals surface area contributed by atoms with Crippen LogP contribution < -0.4 is 9.80 Å². The van der Waals surface area contributed by atoms with Gasteiger partial charge in [0.25, 0.3) is 0 Å². The van der Waals surface area contributed by atoms with Crippen molar-refractivity contribution in [2.75, 3.05) is 9.80 Å². The van der Waals surface area contributed by atoms with Crippen molar-refractivity contribution in [2.45, 2.75) is 5.41 Å². The standard InChI is InChI=1S/C65H38N2S4/c1-3-15-39(16-4-1)66(43-29-33-51-59(37-43)70-61-49-21-9-13-25-57(49)68-63(51)61)41-27-31-47-48-32-28-42(36-56(48)65(55(47)35-41)53-23-11-7-19-45(53)46-20-8-12-24-54(46)65)67(40-17-5-2-6-18-40)44-30-34-52-60(38-44)71-62-50-22-10-14-26-58(50)69-64(52)62/h1-38H. The first-order valence-corrected chi connectivity index (χ1v) is 27.3. The molecule has 0 aliphatic heterocycles. The molecule has 0 amide bonds. The van der Waals surface area contributed by atoms with Gasteiger partial charge in [-0.05, 0) is 129 Å². The second-order valence-electron chi connectivity index (χ2n) is 18.7. The van der Waals surface area contributed by atoms with Gasteiger partial charge in [-0.3, -0.25) is 0 Å². The van der Waals surface area contributed by atoms with Crippen LogP contribution in [0.1, 0.15) is 22.3 Å². The van der Waals surface area contributed by atoms with Gasteiger partial charge < -0.3 is 9.80 Å². The van der Waals surface area contributed by atoms with Gasteiger partial charge in [-0.1, -0.05) is 146 Å². The van der Waals surface area contributed by atoms with Crippen LogP contribution in [0.3, 0.4) is 0 Å². The third-order valence-corrected chi connectivity index (χ3v) is 20.1. The molecule has 332 valence electrons. The van der Waals surface area contributed by atoms with Crippen molar-refractivity contribution in [1.29, 1.82) is 0 Å². The van der Waals surface area contributed by atoms with Crippen LogP contribution in [0.5, 0.6) is 0 Å². The molecule has 2 aliphatic rings. The molecular weight excluding hydrogens is 937 g/mol. The Hall–Kier alpha value is -7.84. The molecule has 4 heterocycles. The van der Waals surface area contributed by atoms with Gasteiger partial charge in [0, 0.05) is 74.5 Å². The van der Waals surface area contributed by atoms with E-state index in [2.05, 4.69) is 240 Å². The Morgan fingerprint density at radius 3 is 1.04 bits per heavy atom. The molecular formula is C65H38N2S4. The summed E-state index contributed by atoms with van der Waals surface area (Å²) in [4.78, 5) is 4.93. The number of hydrogen-bond donors (Lipinski definition) is 0. The maximum atomic E-state index is 2.51. The molecule has 0 unspecified atom stereocenters. The summed E-state index contributed by atoms with van der Waals surface area (Å²) in [7, 11) is 0. The quantitative estimate of drug-likeness (QED) is 0.164. The van der Waals surface area contributed by atoms with E-state index in [0.717, 1.165) is 34.1 Å². The molecule has 14 aromatic rings. The molecule has 0 radical (unpaired) electrons. The smallest absolute Gasteiger partial charge is 0.0727 e. The summed E-state index contributed by atoms with van der Waals surface area (Å²) in [5.74, 6) is 0. The van der Waals surface area contributed by atoms with Crippen LogP contribution in [0.4, 0.5) is 34.1 Å². The van der Waals surface area contributed by atoms with E-state index in [1.165, 1.54) is 104 Å². The maximum absolute atomic E-state index is 2.51. The number of anilines is 6. The first-order valence-electron chi connectivity index (χ1n) is 24.1. The van der Waals surface area contributed by atoms with Gasteiger partial charge in [-0.2, -0.15) is 0 Å². The fourth-order valence-electron chi connectivity index (χ4n) is 12.1. The molecule has 2 nitrogen and oxygen atoms in total. The summed E-state index contributed by atoms with van der Waals surface area (Å²) in [6.45, 7) is 0. The van der Waals surface area contributed by atoms with Gasteiger partial charge in [0.05, 0.1) is 24.2 Å². The molecule has 2 aliphatic carbocycles. The molecule has 6 heteroatoms. The third kappa shape index (κ3) is 5.62. The molecule has 1 spiro atoms. The van der Waals surface area contributed by atoms with Crippen LogP contribution in [0.15, 0.2) is 231 Å². The summed E-state index contributed by atoms with van der Waals surface area (Å²) < 4.78 is 10.8. The Balaban J connectivity index is 0.906. The van der Waals surface area contributed by atoms with E-state index in [-0.39, 0.29) is 0 Å². The Morgan fingerprint density at radius 1 is 0.239 bits per heavy atom. The average Bonchev–Trinajstić information content (AvgIpc) is 4.27. The first-order chi connectivity index (χ1) is 35.2. The van der Waals surface area contributed by atoms with Crippen molar-refractivity contribution in [3.05, 3.63) is 253 Å². The number of benzene rings is 10. The first kappa shape index (κ1) is 39.9. The number of para-hydroxylation sites is 2. The summed E-state index contributed by atoms with van der Waals surface area (Å²) in [6.07, 6.45) is 0. The Morgan fingerprint density at radius 2 is 0.577 bits per heavy atom. The zero-order chi connectivity index (χ0) is 46.4. The predicted molar refractivity (Wildman–Crippen MR) is 309 cm³/mol. The van der Waals surface area contributed by atoms with E-state index >= 15 is 0 Å². The molecule has 0 saturated carbocycles. The molecule has 0 bridgehead atoms. The van der Waals surface area contributed by atoms with Crippen molar-refractivity contribution in [2.24, 2.45) is 0 Å². The SMILES string of the molecule is c1ccc(N(c2ccc3c(c2)C2(c4ccccc4-c4ccccc42)c2cc(N(c4ccccc4)c4ccc5c(c4)sc4c6ccccc6sc54)ccc2-3)c2ccc3c(c2)sc2c4ccccc4sc32)cc1. The van der Waals surface area contributed by atoms with Crippen molar-refractivity contribution >= 4 is 139 Å². The van der Waals surface area contributed by atoms with Gasteiger partial charge in [0.2, 0.25) is 0 Å².